The highest BCUT2D eigenvalue weighted by molar-refractivity contribution is 6.39. The summed E-state index contributed by atoms with van der Waals surface area (Å²) in [6.45, 7) is 2.39. The summed E-state index contributed by atoms with van der Waals surface area (Å²) in [6.07, 6.45) is 3.83. The van der Waals surface area contributed by atoms with E-state index in [2.05, 4.69) is 10.3 Å². The standard InChI is InChI=1S/C35H33Cl2N5O5/c1-47-33-22(17-38-12-15-43)8-9-29(40-33)28-7-3-6-27(32(28)37)26-5-2-4-25(31(26)36)21-11-14-42-30(16-21)39-18-24(34(42)44)20-41-13-10-23(19-41)35(45)46/h2-9,11,14,16,18,23,38,43H,10,12-13,15,17,19-20H2,1H3,(H,45,46)/t23-/m1/s1. The van der Waals surface area contributed by atoms with Crippen LogP contribution in [0.5, 0.6) is 5.88 Å². The van der Waals surface area contributed by atoms with Gasteiger partial charge in [-0.2, -0.15) is 0 Å². The van der Waals surface area contributed by atoms with Gasteiger partial charge in [-0.3, -0.25) is 18.9 Å². The first-order valence-corrected chi connectivity index (χ1v) is 15.9. The Morgan fingerprint density at radius 3 is 2.45 bits per heavy atom. The van der Waals surface area contributed by atoms with E-state index in [1.54, 1.807) is 19.5 Å². The van der Waals surface area contributed by atoms with Crippen molar-refractivity contribution in [1.82, 2.24) is 24.6 Å². The van der Waals surface area contributed by atoms with E-state index in [0.29, 0.717) is 72.0 Å². The van der Waals surface area contributed by atoms with E-state index in [0.717, 1.165) is 33.4 Å². The van der Waals surface area contributed by atoms with Crippen molar-refractivity contribution in [2.45, 2.75) is 19.5 Å². The highest BCUT2D eigenvalue weighted by Gasteiger charge is 2.28. The maximum absolute atomic E-state index is 13.3. The molecule has 4 heterocycles. The lowest BCUT2D eigenvalue weighted by Gasteiger charge is -2.16. The number of nitrogens with one attached hydrogen (secondary N) is 1. The number of aliphatic hydroxyl groups is 1. The van der Waals surface area contributed by atoms with Crippen LogP contribution in [0.15, 0.2) is 77.9 Å². The largest absolute Gasteiger partial charge is 0.481 e. The number of carboxylic acids is 1. The van der Waals surface area contributed by atoms with E-state index < -0.39 is 11.9 Å². The molecule has 1 aliphatic rings. The fourth-order valence-electron chi connectivity index (χ4n) is 5.94. The molecular formula is C35H33Cl2N5O5. The van der Waals surface area contributed by atoms with Crippen LogP contribution in [0.25, 0.3) is 39.2 Å². The first-order valence-electron chi connectivity index (χ1n) is 15.2. The fourth-order valence-corrected chi connectivity index (χ4v) is 6.60. The minimum Gasteiger partial charge on any atom is -0.481 e. The summed E-state index contributed by atoms with van der Waals surface area (Å²) >= 11 is 14.1. The molecule has 242 valence electrons. The van der Waals surface area contributed by atoms with Gasteiger partial charge in [0.15, 0.2) is 0 Å². The zero-order valence-electron chi connectivity index (χ0n) is 25.6. The maximum Gasteiger partial charge on any atom is 0.307 e. The Balaban J connectivity index is 1.29. The molecule has 1 aliphatic heterocycles. The minimum absolute atomic E-state index is 0.0384. The number of halogens is 2. The molecular weight excluding hydrogens is 641 g/mol. The number of ether oxygens (including phenoxy) is 1. The lowest BCUT2D eigenvalue weighted by atomic mass is 9.97. The molecule has 0 aliphatic carbocycles. The quantitative estimate of drug-likeness (QED) is 0.158. The number of pyridine rings is 2. The third-order valence-electron chi connectivity index (χ3n) is 8.41. The van der Waals surface area contributed by atoms with Crippen molar-refractivity contribution >= 4 is 34.8 Å². The van der Waals surface area contributed by atoms with E-state index in [1.165, 1.54) is 4.40 Å². The molecule has 6 rings (SSSR count). The number of aliphatic carboxylic acids is 1. The van der Waals surface area contributed by atoms with Crippen LogP contribution in [0, 0.1) is 5.92 Å². The van der Waals surface area contributed by atoms with Gasteiger partial charge in [-0.05, 0) is 36.7 Å². The first-order chi connectivity index (χ1) is 22.8. The maximum atomic E-state index is 13.3. The van der Waals surface area contributed by atoms with Crippen molar-refractivity contribution in [2.75, 3.05) is 33.4 Å². The normalized spacial score (nSPS) is 14.9. The smallest absolute Gasteiger partial charge is 0.307 e. The van der Waals surface area contributed by atoms with E-state index in [1.807, 2.05) is 65.6 Å². The number of hydrogen-bond acceptors (Lipinski definition) is 8. The number of aromatic nitrogens is 3. The molecule has 47 heavy (non-hydrogen) atoms. The molecule has 0 amide bonds. The van der Waals surface area contributed by atoms with Crippen LogP contribution in [-0.2, 0) is 17.9 Å². The van der Waals surface area contributed by atoms with Gasteiger partial charge in [0.05, 0.1) is 40.9 Å². The second-order valence-corrected chi connectivity index (χ2v) is 12.1. The molecule has 0 radical (unpaired) electrons. The number of carbonyl (C=O) groups is 1. The molecule has 2 aromatic carbocycles. The third-order valence-corrected chi connectivity index (χ3v) is 9.22. The van der Waals surface area contributed by atoms with E-state index in [4.69, 9.17) is 38.0 Å². The van der Waals surface area contributed by atoms with Crippen molar-refractivity contribution in [3.05, 3.63) is 105 Å². The Morgan fingerprint density at radius 1 is 1.02 bits per heavy atom. The topological polar surface area (TPSA) is 129 Å². The SMILES string of the molecule is COc1nc(-c2cccc(-c3cccc(-c4ccn5c(=O)c(CN6CC[C@@H](C(=O)O)C6)cnc5c4)c3Cl)c2Cl)ccc1CNCCO. The second kappa shape index (κ2) is 14.2. The lowest BCUT2D eigenvalue weighted by molar-refractivity contribution is -0.141. The number of benzene rings is 2. The van der Waals surface area contributed by atoms with Gasteiger partial charge < -0.3 is 20.3 Å². The van der Waals surface area contributed by atoms with E-state index in [-0.39, 0.29) is 12.2 Å². The van der Waals surface area contributed by atoms with Gasteiger partial charge in [-0.1, -0.05) is 65.7 Å². The van der Waals surface area contributed by atoms with Crippen LogP contribution < -0.4 is 15.6 Å². The molecule has 0 spiro atoms. The van der Waals surface area contributed by atoms with Gasteiger partial charge in [-0.15, -0.1) is 0 Å². The Morgan fingerprint density at radius 2 is 1.74 bits per heavy atom. The Labute approximate surface area is 281 Å². The summed E-state index contributed by atoms with van der Waals surface area (Å²) in [5.74, 6) is -0.754. The molecule has 10 nitrogen and oxygen atoms in total. The number of aliphatic hydroxyl groups excluding tert-OH is 1. The van der Waals surface area contributed by atoms with Crippen LogP contribution in [0.3, 0.4) is 0 Å². The first kappa shape index (κ1) is 32.6. The number of hydrogen-bond donors (Lipinski definition) is 3. The van der Waals surface area contributed by atoms with Crippen LogP contribution >= 0.6 is 23.2 Å². The summed E-state index contributed by atoms with van der Waals surface area (Å²) in [7, 11) is 1.56. The van der Waals surface area contributed by atoms with Gasteiger partial charge in [0.2, 0.25) is 5.88 Å². The molecule has 0 bridgehead atoms. The lowest BCUT2D eigenvalue weighted by Crippen LogP contribution is -2.28. The number of methoxy groups -OCH3 is 1. The van der Waals surface area contributed by atoms with Gasteiger partial charge in [0.25, 0.3) is 5.56 Å². The van der Waals surface area contributed by atoms with Crippen molar-refractivity contribution in [3.63, 3.8) is 0 Å². The van der Waals surface area contributed by atoms with Gasteiger partial charge in [0.1, 0.15) is 5.65 Å². The van der Waals surface area contributed by atoms with Crippen LogP contribution in [0.4, 0.5) is 0 Å². The zero-order valence-corrected chi connectivity index (χ0v) is 27.1. The summed E-state index contributed by atoms with van der Waals surface area (Å²) in [5.41, 5.74) is 6.01. The predicted octanol–water partition coefficient (Wildman–Crippen LogP) is 5.39. The number of nitrogens with zero attached hydrogens (tertiary/aromatic N) is 4. The molecule has 0 saturated carbocycles. The Hall–Kier alpha value is -4.32. The van der Waals surface area contributed by atoms with Crippen molar-refractivity contribution in [2.24, 2.45) is 5.92 Å². The number of likely N-dealkylation sites (tertiary alicyclic amines) is 1. The van der Waals surface area contributed by atoms with Gasteiger partial charge in [-0.25, -0.2) is 9.97 Å². The van der Waals surface area contributed by atoms with E-state index in [9.17, 15) is 14.7 Å². The summed E-state index contributed by atoms with van der Waals surface area (Å²) in [4.78, 5) is 35.9. The third kappa shape index (κ3) is 6.74. The zero-order chi connectivity index (χ0) is 33.1. The predicted molar refractivity (Wildman–Crippen MR) is 182 cm³/mol. The Bertz CT molecular complexity index is 2020. The second-order valence-electron chi connectivity index (χ2n) is 11.4. The van der Waals surface area contributed by atoms with Crippen LogP contribution in [0.1, 0.15) is 17.5 Å². The summed E-state index contributed by atoms with van der Waals surface area (Å²) in [5, 5.41) is 22.5. The van der Waals surface area contributed by atoms with Crippen LogP contribution in [-0.4, -0.2) is 68.8 Å². The monoisotopic (exact) mass is 673 g/mol. The van der Waals surface area contributed by atoms with Crippen molar-refractivity contribution in [3.8, 4) is 39.4 Å². The molecule has 1 atom stereocenters. The molecule has 12 heteroatoms. The number of carboxylic acid groups (broad SMARTS) is 1. The molecule has 3 aromatic heterocycles. The molecule has 3 N–H and O–H groups in total. The molecule has 1 fully saturated rings. The van der Waals surface area contributed by atoms with Gasteiger partial charge in [0, 0.05) is 66.4 Å². The Kier molecular flexibility index (Phi) is 9.86. The van der Waals surface area contributed by atoms with Gasteiger partial charge >= 0.3 is 5.97 Å². The minimum atomic E-state index is -0.807. The summed E-state index contributed by atoms with van der Waals surface area (Å²) in [6, 6.07) is 18.9. The van der Waals surface area contributed by atoms with Crippen molar-refractivity contribution in [1.29, 1.82) is 0 Å². The fraction of sp³-hybridized carbons (Fsp3) is 0.257. The van der Waals surface area contributed by atoms with Crippen molar-refractivity contribution < 1.29 is 19.7 Å². The molecule has 5 aromatic rings. The van der Waals surface area contributed by atoms with E-state index >= 15 is 0 Å². The van der Waals surface area contributed by atoms with Crippen LogP contribution in [0.2, 0.25) is 10.0 Å². The average molecular weight is 675 g/mol. The highest BCUT2D eigenvalue weighted by atomic mass is 35.5. The average Bonchev–Trinajstić information content (AvgIpc) is 3.56. The number of fused-ring (bicyclic) bond motifs is 1. The summed E-state index contributed by atoms with van der Waals surface area (Å²) < 4.78 is 7.03. The molecule has 0 unspecified atom stereocenters. The highest BCUT2D eigenvalue weighted by Crippen LogP contribution is 2.42. The molecule has 1 saturated heterocycles. The number of rotatable bonds is 11.